The number of nitrogens with zero attached hydrogens (tertiary/aromatic N) is 2. The fourth-order valence-electron chi connectivity index (χ4n) is 2.34. The lowest BCUT2D eigenvalue weighted by Gasteiger charge is -2.31. The largest absolute Gasteiger partial charge is 0.444 e. The molecule has 1 unspecified atom stereocenters. The Bertz CT molecular complexity index is 552. The van der Waals surface area contributed by atoms with Gasteiger partial charge >= 0.3 is 6.09 Å². The molecule has 6 nitrogen and oxygen atoms in total. The van der Waals surface area contributed by atoms with E-state index >= 15 is 0 Å². The first-order valence-electron chi connectivity index (χ1n) is 8.00. The van der Waals surface area contributed by atoms with E-state index in [1.54, 1.807) is 4.68 Å². The van der Waals surface area contributed by atoms with Crippen LogP contribution in [0, 0.1) is 0 Å². The van der Waals surface area contributed by atoms with Crippen molar-refractivity contribution in [2.24, 2.45) is 12.8 Å². The van der Waals surface area contributed by atoms with Gasteiger partial charge in [-0.2, -0.15) is 5.10 Å². The summed E-state index contributed by atoms with van der Waals surface area (Å²) in [5.41, 5.74) is 7.08. The third kappa shape index (κ3) is 5.23. The molecule has 0 fully saturated rings. The highest BCUT2D eigenvalue weighted by Gasteiger charge is 2.34. The van der Waals surface area contributed by atoms with Gasteiger partial charge in [0, 0.05) is 42.7 Å². The summed E-state index contributed by atoms with van der Waals surface area (Å²) in [5.74, 6) is 0. The number of rotatable bonds is 4. The molecular weight excluding hydrogens is 292 g/mol. The van der Waals surface area contributed by atoms with E-state index in [9.17, 15) is 4.79 Å². The number of aryl methyl sites for hydroxylation is 1. The van der Waals surface area contributed by atoms with Crippen LogP contribution in [-0.2, 0) is 22.6 Å². The van der Waals surface area contributed by atoms with E-state index in [1.165, 1.54) is 0 Å². The minimum absolute atomic E-state index is 0.0983. The summed E-state index contributed by atoms with van der Waals surface area (Å²) in [5, 5.41) is 7.44. The Hall–Kier alpha value is -1.56. The number of amides is 1. The predicted molar refractivity (Wildman–Crippen MR) is 92.6 cm³/mol. The lowest BCUT2D eigenvalue weighted by Crippen LogP contribution is -2.46. The Balaban J connectivity index is 3.00. The van der Waals surface area contributed by atoms with Gasteiger partial charge in [-0.25, -0.2) is 4.79 Å². The maximum Gasteiger partial charge on any atom is 0.407 e. The standard InChI is InChI=1S/C17H32N4O2/c1-15(2,3)13-12(9-21(8)20-13)17(7,10-18)11-19-14(22)23-16(4,5)6/h9H,10-11,18H2,1-8H3,(H,19,22). The van der Waals surface area contributed by atoms with Crippen LogP contribution in [0.15, 0.2) is 6.20 Å². The summed E-state index contributed by atoms with van der Waals surface area (Å²) in [6, 6.07) is 0. The van der Waals surface area contributed by atoms with Crippen molar-refractivity contribution in [3.05, 3.63) is 17.5 Å². The fraction of sp³-hybridized carbons (Fsp3) is 0.765. The minimum atomic E-state index is -0.520. The lowest BCUT2D eigenvalue weighted by molar-refractivity contribution is 0.0516. The number of alkyl carbamates (subject to hydrolysis) is 1. The van der Waals surface area contributed by atoms with Gasteiger partial charge in [0.05, 0.1) is 5.69 Å². The number of hydrogen-bond donors (Lipinski definition) is 2. The number of hydrogen-bond acceptors (Lipinski definition) is 4. The second kappa shape index (κ2) is 6.51. The van der Waals surface area contributed by atoms with Gasteiger partial charge in [0.25, 0.3) is 0 Å². The molecule has 132 valence electrons. The maximum absolute atomic E-state index is 11.9. The highest BCUT2D eigenvalue weighted by atomic mass is 16.6. The molecule has 0 saturated heterocycles. The van der Waals surface area contributed by atoms with E-state index in [4.69, 9.17) is 10.5 Å². The van der Waals surface area contributed by atoms with E-state index in [2.05, 4.69) is 31.2 Å². The normalized spacial score (nSPS) is 15.2. The molecule has 23 heavy (non-hydrogen) atoms. The molecule has 6 heteroatoms. The van der Waals surface area contributed by atoms with Gasteiger partial charge in [-0.05, 0) is 20.8 Å². The smallest absolute Gasteiger partial charge is 0.407 e. The summed E-state index contributed by atoms with van der Waals surface area (Å²) in [7, 11) is 1.90. The number of carbonyl (C=O) groups is 1. The molecule has 0 aliphatic rings. The Labute approximate surface area is 139 Å². The molecule has 0 aromatic carbocycles. The molecule has 1 aromatic heterocycles. The highest BCUT2D eigenvalue weighted by molar-refractivity contribution is 5.67. The Morgan fingerprint density at radius 1 is 1.26 bits per heavy atom. The third-order valence-corrected chi connectivity index (χ3v) is 3.66. The van der Waals surface area contributed by atoms with Gasteiger partial charge in [-0.15, -0.1) is 0 Å². The molecule has 0 radical (unpaired) electrons. The van der Waals surface area contributed by atoms with Crippen molar-refractivity contribution in [3.8, 4) is 0 Å². The van der Waals surface area contributed by atoms with Crippen molar-refractivity contribution in [1.29, 1.82) is 0 Å². The van der Waals surface area contributed by atoms with Crippen LogP contribution >= 0.6 is 0 Å². The van der Waals surface area contributed by atoms with E-state index in [0.29, 0.717) is 13.1 Å². The van der Waals surface area contributed by atoms with Gasteiger partial charge in [-0.3, -0.25) is 4.68 Å². The van der Waals surface area contributed by atoms with Gasteiger partial charge in [0.2, 0.25) is 0 Å². The molecule has 3 N–H and O–H groups in total. The molecule has 0 spiro atoms. The average Bonchev–Trinajstić information content (AvgIpc) is 2.77. The van der Waals surface area contributed by atoms with Crippen molar-refractivity contribution >= 4 is 6.09 Å². The Morgan fingerprint density at radius 3 is 2.26 bits per heavy atom. The molecule has 0 bridgehead atoms. The van der Waals surface area contributed by atoms with Crippen LogP contribution in [0.5, 0.6) is 0 Å². The number of nitrogens with one attached hydrogen (secondary N) is 1. The van der Waals surface area contributed by atoms with Crippen LogP contribution in [0.3, 0.4) is 0 Å². The van der Waals surface area contributed by atoms with Crippen LogP contribution in [0.1, 0.15) is 59.7 Å². The minimum Gasteiger partial charge on any atom is -0.444 e. The molecular formula is C17H32N4O2. The number of carbonyl (C=O) groups excluding carboxylic acids is 1. The number of aromatic nitrogens is 2. The third-order valence-electron chi connectivity index (χ3n) is 3.66. The zero-order valence-electron chi connectivity index (χ0n) is 15.8. The molecule has 1 amide bonds. The molecule has 0 saturated carbocycles. The summed E-state index contributed by atoms with van der Waals surface area (Å²) >= 11 is 0. The number of ether oxygens (including phenoxy) is 1. The first-order valence-corrected chi connectivity index (χ1v) is 8.00. The van der Waals surface area contributed by atoms with Crippen molar-refractivity contribution < 1.29 is 9.53 Å². The molecule has 0 aliphatic carbocycles. The number of nitrogens with two attached hydrogens (primary N) is 1. The van der Waals surface area contributed by atoms with Gasteiger partial charge in [-0.1, -0.05) is 27.7 Å². The van der Waals surface area contributed by atoms with Gasteiger partial charge in [0.15, 0.2) is 0 Å². The van der Waals surface area contributed by atoms with Gasteiger partial charge in [0.1, 0.15) is 5.60 Å². The van der Waals surface area contributed by atoms with E-state index < -0.39 is 17.1 Å². The van der Waals surface area contributed by atoms with E-state index in [0.717, 1.165) is 11.3 Å². The quantitative estimate of drug-likeness (QED) is 0.891. The first kappa shape index (κ1) is 19.5. The molecule has 1 atom stereocenters. The molecule has 1 aromatic rings. The van der Waals surface area contributed by atoms with Crippen molar-refractivity contribution in [2.75, 3.05) is 13.1 Å². The van der Waals surface area contributed by atoms with Gasteiger partial charge < -0.3 is 15.8 Å². The van der Waals surface area contributed by atoms with E-state index in [1.807, 2.05) is 40.9 Å². The monoisotopic (exact) mass is 324 g/mol. The topological polar surface area (TPSA) is 82.2 Å². The second-order valence-corrected chi connectivity index (χ2v) is 8.44. The summed E-state index contributed by atoms with van der Waals surface area (Å²) < 4.78 is 7.11. The van der Waals surface area contributed by atoms with Crippen molar-refractivity contribution in [2.45, 2.75) is 64.9 Å². The van der Waals surface area contributed by atoms with Crippen LogP contribution in [0.25, 0.3) is 0 Å². The molecule has 1 heterocycles. The van der Waals surface area contributed by atoms with Crippen molar-refractivity contribution in [3.63, 3.8) is 0 Å². The molecule has 1 rings (SSSR count). The Morgan fingerprint density at radius 2 is 1.83 bits per heavy atom. The van der Waals surface area contributed by atoms with Crippen LogP contribution in [-0.4, -0.2) is 34.6 Å². The molecule has 0 aliphatic heterocycles. The van der Waals surface area contributed by atoms with E-state index in [-0.39, 0.29) is 5.41 Å². The fourth-order valence-corrected chi connectivity index (χ4v) is 2.34. The lowest BCUT2D eigenvalue weighted by atomic mass is 9.77. The summed E-state index contributed by atoms with van der Waals surface area (Å²) in [4.78, 5) is 11.9. The summed E-state index contributed by atoms with van der Waals surface area (Å²) in [6.07, 6.45) is 1.56. The second-order valence-electron chi connectivity index (χ2n) is 8.44. The zero-order valence-corrected chi connectivity index (χ0v) is 15.8. The highest BCUT2D eigenvalue weighted by Crippen LogP contribution is 2.32. The van der Waals surface area contributed by atoms with Crippen LogP contribution in [0.2, 0.25) is 0 Å². The average molecular weight is 324 g/mol. The predicted octanol–water partition coefficient (Wildman–Crippen LogP) is 2.46. The maximum atomic E-state index is 11.9. The Kier molecular flexibility index (Phi) is 5.52. The zero-order chi connectivity index (χ0) is 18.1. The summed E-state index contributed by atoms with van der Waals surface area (Å²) in [6.45, 7) is 14.7. The SMILES string of the molecule is Cn1cc(C(C)(CN)CNC(=O)OC(C)(C)C)c(C(C)(C)C)n1. The van der Waals surface area contributed by atoms with Crippen LogP contribution < -0.4 is 11.1 Å². The van der Waals surface area contributed by atoms with Crippen LogP contribution in [0.4, 0.5) is 4.79 Å². The van der Waals surface area contributed by atoms with Crippen molar-refractivity contribution in [1.82, 2.24) is 15.1 Å². The first-order chi connectivity index (χ1) is 10.3.